The van der Waals surface area contributed by atoms with Crippen LogP contribution in [0.5, 0.6) is 5.75 Å². The fourth-order valence-electron chi connectivity index (χ4n) is 2.91. The van der Waals surface area contributed by atoms with Gasteiger partial charge in [-0.15, -0.1) is 0 Å². The lowest BCUT2D eigenvalue weighted by molar-refractivity contribution is 0.410. The average Bonchev–Trinajstić information content (AvgIpc) is 2.97. The van der Waals surface area contributed by atoms with Crippen LogP contribution in [0.3, 0.4) is 0 Å². The molecule has 0 unspecified atom stereocenters. The van der Waals surface area contributed by atoms with Gasteiger partial charge >= 0.3 is 0 Å². The quantitative estimate of drug-likeness (QED) is 0.550. The first-order valence-corrected chi connectivity index (χ1v) is 7.72. The van der Waals surface area contributed by atoms with Crippen LogP contribution < -0.4 is 10.1 Å². The van der Waals surface area contributed by atoms with E-state index in [-0.39, 0.29) is 5.82 Å². The Morgan fingerprint density at radius 2 is 1.71 bits per heavy atom. The van der Waals surface area contributed by atoms with Crippen molar-refractivity contribution in [3.63, 3.8) is 0 Å². The van der Waals surface area contributed by atoms with E-state index in [1.165, 1.54) is 12.1 Å². The molecule has 1 aromatic heterocycles. The van der Waals surface area contributed by atoms with Crippen molar-refractivity contribution in [3.8, 4) is 5.75 Å². The fourth-order valence-corrected chi connectivity index (χ4v) is 2.91. The van der Waals surface area contributed by atoms with Gasteiger partial charge < -0.3 is 14.5 Å². The highest BCUT2D eigenvalue weighted by molar-refractivity contribution is 6.05. The summed E-state index contributed by atoms with van der Waals surface area (Å²) in [5.41, 5.74) is 3.45. The van der Waals surface area contributed by atoms with Crippen LogP contribution in [0.25, 0.3) is 21.9 Å². The van der Waals surface area contributed by atoms with E-state index in [4.69, 9.17) is 9.15 Å². The van der Waals surface area contributed by atoms with Crippen LogP contribution in [0.4, 0.5) is 10.1 Å². The van der Waals surface area contributed by atoms with E-state index in [0.717, 1.165) is 33.4 Å². The van der Waals surface area contributed by atoms with E-state index in [2.05, 4.69) is 5.32 Å². The number of halogens is 1. The summed E-state index contributed by atoms with van der Waals surface area (Å²) < 4.78 is 24.6. The van der Waals surface area contributed by atoms with Crippen molar-refractivity contribution in [1.29, 1.82) is 0 Å². The van der Waals surface area contributed by atoms with E-state index >= 15 is 0 Å². The molecule has 0 saturated heterocycles. The van der Waals surface area contributed by atoms with Crippen LogP contribution in [-0.4, -0.2) is 7.11 Å². The number of hydrogen-bond donors (Lipinski definition) is 1. The lowest BCUT2D eigenvalue weighted by atomic mass is 10.1. The number of fused-ring (bicyclic) bond motifs is 3. The molecule has 24 heavy (non-hydrogen) atoms. The predicted molar refractivity (Wildman–Crippen MR) is 94.0 cm³/mol. The molecule has 0 amide bonds. The number of hydrogen-bond acceptors (Lipinski definition) is 3. The van der Waals surface area contributed by atoms with Crippen molar-refractivity contribution in [3.05, 3.63) is 72.0 Å². The molecule has 1 heterocycles. The second kappa shape index (κ2) is 5.89. The van der Waals surface area contributed by atoms with Gasteiger partial charge in [0.1, 0.15) is 22.7 Å². The first-order chi connectivity index (χ1) is 11.7. The summed E-state index contributed by atoms with van der Waals surface area (Å²) in [4.78, 5) is 0. The predicted octanol–water partition coefficient (Wildman–Crippen LogP) is 5.35. The van der Waals surface area contributed by atoms with Crippen molar-refractivity contribution < 1.29 is 13.5 Å². The van der Waals surface area contributed by atoms with Gasteiger partial charge in [-0.1, -0.05) is 18.2 Å². The van der Waals surface area contributed by atoms with E-state index < -0.39 is 0 Å². The SMILES string of the molecule is COc1ccccc1CNc1ccc2oc3ccc(F)cc3c2c1. The third-order valence-electron chi connectivity index (χ3n) is 4.11. The van der Waals surface area contributed by atoms with E-state index in [0.29, 0.717) is 12.1 Å². The summed E-state index contributed by atoms with van der Waals surface area (Å²) >= 11 is 0. The Labute approximate surface area is 138 Å². The molecule has 0 aliphatic heterocycles. The molecule has 0 bridgehead atoms. The Hall–Kier alpha value is -3.01. The molecule has 0 radical (unpaired) electrons. The van der Waals surface area contributed by atoms with Crippen molar-refractivity contribution in [2.24, 2.45) is 0 Å². The summed E-state index contributed by atoms with van der Waals surface area (Å²) in [7, 11) is 1.66. The smallest absolute Gasteiger partial charge is 0.135 e. The minimum Gasteiger partial charge on any atom is -0.496 e. The number of para-hydroxylation sites is 1. The molecule has 0 atom stereocenters. The van der Waals surface area contributed by atoms with E-state index in [9.17, 15) is 4.39 Å². The van der Waals surface area contributed by atoms with Crippen LogP contribution >= 0.6 is 0 Å². The molecule has 1 N–H and O–H groups in total. The molecule has 0 saturated carbocycles. The van der Waals surface area contributed by atoms with Gasteiger partial charge in [0, 0.05) is 28.6 Å². The molecule has 4 heteroatoms. The second-order valence-electron chi connectivity index (χ2n) is 5.62. The minimum absolute atomic E-state index is 0.266. The summed E-state index contributed by atoms with van der Waals surface area (Å²) in [6.07, 6.45) is 0. The zero-order valence-electron chi connectivity index (χ0n) is 13.2. The van der Waals surface area contributed by atoms with Crippen molar-refractivity contribution in [2.45, 2.75) is 6.54 Å². The van der Waals surface area contributed by atoms with E-state index in [1.807, 2.05) is 42.5 Å². The number of methoxy groups -OCH3 is 1. The number of benzene rings is 3. The third-order valence-corrected chi connectivity index (χ3v) is 4.11. The number of furan rings is 1. The van der Waals surface area contributed by atoms with Gasteiger partial charge in [-0.25, -0.2) is 4.39 Å². The van der Waals surface area contributed by atoms with Gasteiger partial charge in [0.2, 0.25) is 0 Å². The standard InChI is InChI=1S/C20H16FNO2/c1-23-18-5-3-2-4-13(18)12-22-15-7-9-20-17(11-15)16-10-14(21)6-8-19(16)24-20/h2-11,22H,12H2,1H3. The van der Waals surface area contributed by atoms with Crippen molar-refractivity contribution in [2.75, 3.05) is 12.4 Å². The lowest BCUT2D eigenvalue weighted by Crippen LogP contribution is -2.01. The van der Waals surface area contributed by atoms with Crippen LogP contribution in [-0.2, 0) is 6.54 Å². The molecule has 3 aromatic carbocycles. The van der Waals surface area contributed by atoms with Crippen molar-refractivity contribution >= 4 is 27.6 Å². The first-order valence-electron chi connectivity index (χ1n) is 7.72. The maximum absolute atomic E-state index is 13.5. The van der Waals surface area contributed by atoms with Gasteiger partial charge in [-0.05, 0) is 42.5 Å². The molecular weight excluding hydrogens is 305 g/mol. The van der Waals surface area contributed by atoms with Crippen molar-refractivity contribution in [1.82, 2.24) is 0 Å². The normalized spacial score (nSPS) is 11.1. The van der Waals surface area contributed by atoms with Gasteiger partial charge in [-0.2, -0.15) is 0 Å². The van der Waals surface area contributed by atoms with Crippen LogP contribution in [0.15, 0.2) is 65.1 Å². The highest BCUT2D eigenvalue weighted by atomic mass is 19.1. The molecule has 4 aromatic rings. The average molecular weight is 321 g/mol. The lowest BCUT2D eigenvalue weighted by Gasteiger charge is -2.10. The van der Waals surface area contributed by atoms with Crippen LogP contribution in [0.2, 0.25) is 0 Å². The third kappa shape index (κ3) is 2.56. The summed E-state index contributed by atoms with van der Waals surface area (Å²) in [5.74, 6) is 0.583. The maximum atomic E-state index is 13.5. The van der Waals surface area contributed by atoms with Crippen LogP contribution in [0.1, 0.15) is 5.56 Å². The summed E-state index contributed by atoms with van der Waals surface area (Å²) in [5, 5.41) is 5.06. The summed E-state index contributed by atoms with van der Waals surface area (Å²) in [6.45, 7) is 0.639. The monoisotopic (exact) mass is 321 g/mol. The van der Waals surface area contributed by atoms with Gasteiger partial charge in [0.15, 0.2) is 0 Å². The molecule has 0 spiro atoms. The Morgan fingerprint density at radius 1 is 0.958 bits per heavy atom. The highest BCUT2D eigenvalue weighted by Crippen LogP contribution is 2.31. The molecule has 0 aliphatic carbocycles. The zero-order valence-corrected chi connectivity index (χ0v) is 13.2. The molecule has 0 fully saturated rings. The number of nitrogens with one attached hydrogen (secondary N) is 1. The molecule has 0 aliphatic rings. The molecule has 3 nitrogen and oxygen atoms in total. The summed E-state index contributed by atoms with van der Waals surface area (Å²) in [6, 6.07) is 18.3. The topological polar surface area (TPSA) is 34.4 Å². The maximum Gasteiger partial charge on any atom is 0.135 e. The van der Waals surface area contributed by atoms with Gasteiger partial charge in [0.05, 0.1) is 7.11 Å². The molecule has 4 rings (SSSR count). The van der Waals surface area contributed by atoms with Gasteiger partial charge in [-0.3, -0.25) is 0 Å². The largest absolute Gasteiger partial charge is 0.496 e. The number of anilines is 1. The number of rotatable bonds is 4. The Balaban J connectivity index is 1.67. The highest BCUT2D eigenvalue weighted by Gasteiger charge is 2.09. The molecule has 120 valence electrons. The number of ether oxygens (including phenoxy) is 1. The first kappa shape index (κ1) is 14.6. The second-order valence-corrected chi connectivity index (χ2v) is 5.62. The zero-order chi connectivity index (χ0) is 16.5. The minimum atomic E-state index is -0.266. The Kier molecular flexibility index (Phi) is 3.58. The Bertz CT molecular complexity index is 1020. The van der Waals surface area contributed by atoms with Gasteiger partial charge in [0.25, 0.3) is 0 Å². The fraction of sp³-hybridized carbons (Fsp3) is 0.100. The van der Waals surface area contributed by atoms with Crippen LogP contribution in [0, 0.1) is 5.82 Å². The van der Waals surface area contributed by atoms with E-state index in [1.54, 1.807) is 13.2 Å². The molecular formula is C20H16FNO2. The Morgan fingerprint density at radius 3 is 2.54 bits per heavy atom.